The van der Waals surface area contributed by atoms with Crippen LogP contribution in [0.15, 0.2) is 36.4 Å². The Hall–Kier alpha value is -1.61. The Bertz CT molecular complexity index is 579. The van der Waals surface area contributed by atoms with Crippen LogP contribution in [0.2, 0.25) is 5.15 Å². The molecule has 0 spiro atoms. The van der Waals surface area contributed by atoms with E-state index in [9.17, 15) is 0 Å². The first-order valence-electron chi connectivity index (χ1n) is 6.41. The third-order valence-corrected chi connectivity index (χ3v) is 3.99. The summed E-state index contributed by atoms with van der Waals surface area (Å²) in [6.45, 7) is 4.12. The summed E-state index contributed by atoms with van der Waals surface area (Å²) in [7, 11) is 0. The van der Waals surface area contributed by atoms with E-state index >= 15 is 0 Å². The van der Waals surface area contributed by atoms with E-state index in [-0.39, 0.29) is 5.41 Å². The number of anilines is 1. The summed E-state index contributed by atoms with van der Waals surface area (Å²) in [4.78, 5) is 8.44. The molecule has 0 unspecified atom stereocenters. The van der Waals surface area contributed by atoms with Crippen LogP contribution in [0.3, 0.4) is 0 Å². The zero-order valence-electron chi connectivity index (χ0n) is 11.0. The van der Waals surface area contributed by atoms with Gasteiger partial charge in [-0.3, -0.25) is 0 Å². The number of benzene rings is 1. The fourth-order valence-electron chi connectivity index (χ4n) is 2.50. The minimum atomic E-state index is 0.187. The molecule has 0 saturated heterocycles. The van der Waals surface area contributed by atoms with Gasteiger partial charge in [-0.2, -0.15) is 0 Å². The Balaban J connectivity index is 1.77. The van der Waals surface area contributed by atoms with Gasteiger partial charge in [0.2, 0.25) is 0 Å². The van der Waals surface area contributed by atoms with Crippen molar-refractivity contribution >= 4 is 17.4 Å². The van der Waals surface area contributed by atoms with E-state index in [1.165, 1.54) is 5.56 Å². The summed E-state index contributed by atoms with van der Waals surface area (Å²) in [5.74, 6) is 1.50. The first-order chi connectivity index (χ1) is 9.08. The van der Waals surface area contributed by atoms with Gasteiger partial charge in [-0.05, 0) is 18.9 Å². The maximum Gasteiger partial charge on any atom is 0.134 e. The van der Waals surface area contributed by atoms with E-state index in [2.05, 4.69) is 46.5 Å². The lowest BCUT2D eigenvalue weighted by Crippen LogP contribution is -2.15. The van der Waals surface area contributed by atoms with Gasteiger partial charge in [0.05, 0.1) is 0 Å². The third kappa shape index (κ3) is 2.43. The largest absolute Gasteiger partial charge is 0.366 e. The summed E-state index contributed by atoms with van der Waals surface area (Å²) in [6.07, 6.45) is 1.11. The third-order valence-electron chi connectivity index (χ3n) is 3.80. The predicted octanol–water partition coefficient (Wildman–Crippen LogP) is 3.58. The maximum atomic E-state index is 5.95. The summed E-state index contributed by atoms with van der Waals surface area (Å²) in [6, 6.07) is 12.8. The summed E-state index contributed by atoms with van der Waals surface area (Å²) >= 11 is 5.95. The molecular weight excluding hydrogens is 258 g/mol. The minimum Gasteiger partial charge on any atom is -0.366 e. The number of hydrogen-bond acceptors (Lipinski definition) is 3. The Morgan fingerprint density at radius 1 is 1.26 bits per heavy atom. The van der Waals surface area contributed by atoms with Crippen molar-refractivity contribution in [3.05, 3.63) is 52.9 Å². The van der Waals surface area contributed by atoms with E-state index < -0.39 is 0 Å². The van der Waals surface area contributed by atoms with Crippen LogP contribution < -0.4 is 5.32 Å². The van der Waals surface area contributed by atoms with Crippen LogP contribution in [0.4, 0.5) is 5.82 Å². The molecule has 1 aliphatic rings. The number of halogens is 1. The molecule has 4 heteroatoms. The second-order valence-electron chi connectivity index (χ2n) is 5.31. The number of nitrogens with zero attached hydrogens (tertiary/aromatic N) is 2. The van der Waals surface area contributed by atoms with E-state index in [0.717, 1.165) is 12.2 Å². The number of hydrogen-bond donors (Lipinski definition) is 1. The lowest BCUT2D eigenvalue weighted by Gasteiger charge is -2.13. The summed E-state index contributed by atoms with van der Waals surface area (Å²) < 4.78 is 0. The Morgan fingerprint density at radius 2 is 2.00 bits per heavy atom. The van der Waals surface area contributed by atoms with Crippen LogP contribution >= 0.6 is 11.6 Å². The van der Waals surface area contributed by atoms with Crippen molar-refractivity contribution in [2.24, 2.45) is 0 Å². The summed E-state index contributed by atoms with van der Waals surface area (Å²) in [5, 5.41) is 3.93. The zero-order chi connectivity index (χ0) is 13.5. The van der Waals surface area contributed by atoms with Crippen LogP contribution in [0.5, 0.6) is 0 Å². The normalized spacial score (nSPS) is 25.1. The van der Waals surface area contributed by atoms with Gasteiger partial charge >= 0.3 is 0 Å². The van der Waals surface area contributed by atoms with Crippen molar-refractivity contribution in [3.8, 4) is 0 Å². The lowest BCUT2D eigenvalue weighted by atomic mass is 9.98. The van der Waals surface area contributed by atoms with Gasteiger partial charge in [0.25, 0.3) is 0 Å². The molecule has 3 rings (SSSR count). The minimum absolute atomic E-state index is 0.187. The van der Waals surface area contributed by atoms with Gasteiger partial charge in [0, 0.05) is 17.5 Å². The number of nitrogens with one attached hydrogen (secondary N) is 1. The first-order valence-corrected chi connectivity index (χ1v) is 6.79. The zero-order valence-corrected chi connectivity index (χ0v) is 11.8. The maximum absolute atomic E-state index is 5.95. The molecular formula is C15H16ClN3. The van der Waals surface area contributed by atoms with Gasteiger partial charge < -0.3 is 5.32 Å². The van der Waals surface area contributed by atoms with Crippen LogP contribution in [-0.4, -0.2) is 16.0 Å². The highest BCUT2D eigenvalue weighted by Crippen LogP contribution is 2.49. The molecule has 2 aromatic rings. The molecule has 3 nitrogen and oxygen atoms in total. The topological polar surface area (TPSA) is 37.8 Å². The molecule has 19 heavy (non-hydrogen) atoms. The predicted molar refractivity (Wildman–Crippen MR) is 77.6 cm³/mol. The average molecular weight is 274 g/mol. The highest BCUT2D eigenvalue weighted by molar-refractivity contribution is 6.29. The van der Waals surface area contributed by atoms with Gasteiger partial charge in [-0.15, -0.1) is 0 Å². The van der Waals surface area contributed by atoms with E-state index in [1.807, 2.05) is 13.0 Å². The molecule has 0 radical (unpaired) electrons. The van der Waals surface area contributed by atoms with Crippen LogP contribution in [0.25, 0.3) is 0 Å². The molecule has 0 bridgehead atoms. The number of aryl methyl sites for hydroxylation is 1. The average Bonchev–Trinajstić information content (AvgIpc) is 3.01. The Labute approximate surface area is 118 Å². The van der Waals surface area contributed by atoms with Crippen molar-refractivity contribution in [1.29, 1.82) is 0 Å². The van der Waals surface area contributed by atoms with E-state index in [1.54, 1.807) is 6.07 Å². The lowest BCUT2D eigenvalue weighted by molar-refractivity contribution is 0.756. The smallest absolute Gasteiger partial charge is 0.134 e. The van der Waals surface area contributed by atoms with Crippen molar-refractivity contribution in [2.45, 2.75) is 31.7 Å². The molecule has 1 N–H and O–H groups in total. The molecule has 1 aliphatic carbocycles. The van der Waals surface area contributed by atoms with Crippen molar-refractivity contribution in [3.63, 3.8) is 0 Å². The van der Waals surface area contributed by atoms with Crippen molar-refractivity contribution in [1.82, 2.24) is 9.97 Å². The quantitative estimate of drug-likeness (QED) is 0.869. The first kappa shape index (κ1) is 12.4. The monoisotopic (exact) mass is 273 g/mol. The van der Waals surface area contributed by atoms with Crippen molar-refractivity contribution < 1.29 is 0 Å². The fourth-order valence-corrected chi connectivity index (χ4v) is 2.72. The van der Waals surface area contributed by atoms with Crippen molar-refractivity contribution in [2.75, 3.05) is 5.32 Å². The molecule has 98 valence electrons. The summed E-state index contributed by atoms with van der Waals surface area (Å²) in [5.41, 5.74) is 1.55. The molecule has 1 heterocycles. The van der Waals surface area contributed by atoms with Gasteiger partial charge in [-0.1, -0.05) is 48.9 Å². The second kappa shape index (κ2) is 4.49. The van der Waals surface area contributed by atoms with E-state index in [4.69, 9.17) is 11.6 Å². The molecule has 1 aromatic carbocycles. The highest BCUT2D eigenvalue weighted by atomic mass is 35.5. The SMILES string of the molecule is Cc1nc(Cl)cc(N[C@H]2C[C@@]2(C)c2ccccc2)n1. The van der Waals surface area contributed by atoms with E-state index in [0.29, 0.717) is 17.0 Å². The number of aromatic nitrogens is 2. The Kier molecular flexibility index (Phi) is 2.94. The molecule has 2 atom stereocenters. The molecule has 1 aromatic heterocycles. The van der Waals surface area contributed by atoms with Crippen LogP contribution in [0.1, 0.15) is 24.7 Å². The second-order valence-corrected chi connectivity index (χ2v) is 5.69. The highest BCUT2D eigenvalue weighted by Gasteiger charge is 2.51. The molecule has 0 aliphatic heterocycles. The Morgan fingerprint density at radius 3 is 2.68 bits per heavy atom. The van der Waals surface area contributed by atoms with Crippen LogP contribution in [-0.2, 0) is 5.41 Å². The standard InChI is InChI=1S/C15H16ClN3/c1-10-17-13(16)8-14(18-10)19-12-9-15(12,2)11-6-4-3-5-7-11/h3-8,12H,9H2,1-2H3,(H,17,18,19)/t12-,15-/m0/s1. The van der Waals surface area contributed by atoms with Crippen LogP contribution in [0, 0.1) is 6.92 Å². The van der Waals surface area contributed by atoms with Gasteiger partial charge in [0.1, 0.15) is 16.8 Å². The van der Waals surface area contributed by atoms with Gasteiger partial charge in [-0.25, -0.2) is 9.97 Å². The molecule has 0 amide bonds. The fraction of sp³-hybridized carbons (Fsp3) is 0.333. The molecule has 1 saturated carbocycles. The van der Waals surface area contributed by atoms with Gasteiger partial charge in [0.15, 0.2) is 0 Å². The molecule has 1 fully saturated rings. The number of rotatable bonds is 3.